The van der Waals surface area contributed by atoms with Crippen LogP contribution in [0.15, 0.2) is 47.3 Å². The zero-order chi connectivity index (χ0) is 19.4. The third-order valence-electron chi connectivity index (χ3n) is 3.61. The van der Waals surface area contributed by atoms with Crippen LogP contribution in [0.4, 0.5) is 14.5 Å². The summed E-state index contributed by atoms with van der Waals surface area (Å²) in [6.45, 7) is -2.96. The van der Waals surface area contributed by atoms with Gasteiger partial charge in [0.15, 0.2) is 11.5 Å². The van der Waals surface area contributed by atoms with Crippen LogP contribution < -0.4 is 20.5 Å². The second kappa shape index (κ2) is 7.73. The maximum atomic E-state index is 12.3. The molecule has 140 valence electrons. The second-order valence-electron chi connectivity index (χ2n) is 5.45. The van der Waals surface area contributed by atoms with Gasteiger partial charge in [0.25, 0.3) is 0 Å². The number of nitrogens with one attached hydrogen (secondary N) is 3. The fraction of sp³-hybridized carbons (Fsp3) is 0.111. The van der Waals surface area contributed by atoms with Gasteiger partial charge in [0.05, 0.1) is 18.1 Å². The number of rotatable bonds is 6. The molecule has 0 fully saturated rings. The Balaban J connectivity index is 1.70. The predicted octanol–water partition coefficient (Wildman–Crippen LogP) is 3.12. The Hall–Kier alpha value is -3.62. The van der Waals surface area contributed by atoms with Gasteiger partial charge in [-0.3, -0.25) is 4.79 Å². The number of carbonyl (C=O) groups excluding carboxylic acids is 1. The lowest BCUT2D eigenvalue weighted by Gasteiger charge is -2.10. The lowest BCUT2D eigenvalue weighted by molar-refractivity contribution is -0.111. The van der Waals surface area contributed by atoms with Crippen molar-refractivity contribution in [1.82, 2.24) is 9.97 Å². The fourth-order valence-electron chi connectivity index (χ4n) is 2.45. The number of hydrogen-bond donors (Lipinski definition) is 3. The second-order valence-corrected chi connectivity index (χ2v) is 5.45. The van der Waals surface area contributed by atoms with Gasteiger partial charge >= 0.3 is 12.3 Å². The Labute approximate surface area is 151 Å². The van der Waals surface area contributed by atoms with Crippen LogP contribution in [-0.4, -0.2) is 29.6 Å². The highest BCUT2D eigenvalue weighted by atomic mass is 19.3. The maximum absolute atomic E-state index is 12.3. The van der Waals surface area contributed by atoms with Crippen LogP contribution in [0.25, 0.3) is 17.1 Å². The Morgan fingerprint density at radius 3 is 2.63 bits per heavy atom. The van der Waals surface area contributed by atoms with Crippen molar-refractivity contribution in [3.05, 3.63) is 58.5 Å². The quantitative estimate of drug-likeness (QED) is 0.577. The number of amides is 1. The van der Waals surface area contributed by atoms with Crippen molar-refractivity contribution in [3.63, 3.8) is 0 Å². The van der Waals surface area contributed by atoms with Crippen LogP contribution in [-0.2, 0) is 4.79 Å². The molecule has 0 aliphatic carbocycles. The highest BCUT2D eigenvalue weighted by molar-refractivity contribution is 6.02. The first-order valence-electron chi connectivity index (χ1n) is 7.78. The molecule has 1 aromatic heterocycles. The fourth-order valence-corrected chi connectivity index (χ4v) is 2.45. The van der Waals surface area contributed by atoms with E-state index in [1.807, 2.05) is 0 Å². The largest absolute Gasteiger partial charge is 0.493 e. The van der Waals surface area contributed by atoms with Crippen molar-refractivity contribution in [2.75, 3.05) is 12.4 Å². The molecule has 0 saturated heterocycles. The van der Waals surface area contributed by atoms with Gasteiger partial charge in [-0.2, -0.15) is 8.78 Å². The SMILES string of the molecule is COc1cc(/C=C/C(=O)Nc2ccc3[nH]c(=O)[nH]c3c2)ccc1OC(F)F. The Morgan fingerprint density at radius 1 is 1.11 bits per heavy atom. The first-order valence-corrected chi connectivity index (χ1v) is 7.78. The number of hydrogen-bond acceptors (Lipinski definition) is 4. The number of benzene rings is 2. The molecule has 0 atom stereocenters. The van der Waals surface area contributed by atoms with E-state index in [-0.39, 0.29) is 17.2 Å². The average Bonchev–Trinajstić information content (AvgIpc) is 2.99. The number of alkyl halides is 2. The summed E-state index contributed by atoms with van der Waals surface area (Å²) in [7, 11) is 1.33. The van der Waals surface area contributed by atoms with Crippen molar-refractivity contribution < 1.29 is 23.0 Å². The highest BCUT2D eigenvalue weighted by Crippen LogP contribution is 2.29. The van der Waals surface area contributed by atoms with Gasteiger partial charge in [0.1, 0.15) is 0 Å². The van der Waals surface area contributed by atoms with Gasteiger partial charge in [-0.1, -0.05) is 6.07 Å². The van der Waals surface area contributed by atoms with Gasteiger partial charge in [0.2, 0.25) is 5.91 Å². The Kier molecular flexibility index (Phi) is 5.20. The van der Waals surface area contributed by atoms with Crippen LogP contribution in [0.3, 0.4) is 0 Å². The zero-order valence-electron chi connectivity index (χ0n) is 14.1. The average molecular weight is 375 g/mol. The van der Waals surface area contributed by atoms with Crippen molar-refractivity contribution in [2.24, 2.45) is 0 Å². The van der Waals surface area contributed by atoms with Crippen molar-refractivity contribution in [1.29, 1.82) is 0 Å². The minimum atomic E-state index is -2.96. The van der Waals surface area contributed by atoms with Gasteiger partial charge in [-0.05, 0) is 42.0 Å². The number of methoxy groups -OCH3 is 1. The van der Waals surface area contributed by atoms with Crippen molar-refractivity contribution in [3.8, 4) is 11.5 Å². The molecule has 9 heteroatoms. The lowest BCUT2D eigenvalue weighted by atomic mass is 10.2. The predicted molar refractivity (Wildman–Crippen MR) is 96.2 cm³/mol. The summed E-state index contributed by atoms with van der Waals surface area (Å²) in [6.07, 6.45) is 2.78. The lowest BCUT2D eigenvalue weighted by Crippen LogP contribution is -2.07. The molecule has 3 rings (SSSR count). The molecule has 3 aromatic rings. The molecule has 1 amide bonds. The normalized spacial score (nSPS) is 11.3. The van der Waals surface area contributed by atoms with Crippen LogP contribution in [0, 0.1) is 0 Å². The molecule has 7 nitrogen and oxygen atoms in total. The summed E-state index contributed by atoms with van der Waals surface area (Å²) in [6, 6.07) is 9.26. The summed E-state index contributed by atoms with van der Waals surface area (Å²) in [4.78, 5) is 28.5. The van der Waals surface area contributed by atoms with Gasteiger partial charge in [-0.25, -0.2) is 4.79 Å². The molecule has 0 spiro atoms. The van der Waals surface area contributed by atoms with E-state index in [4.69, 9.17) is 4.74 Å². The molecule has 0 unspecified atom stereocenters. The summed E-state index contributed by atoms with van der Waals surface area (Å²) in [5.41, 5.74) is 1.94. The van der Waals surface area contributed by atoms with E-state index in [2.05, 4.69) is 20.0 Å². The van der Waals surface area contributed by atoms with Crippen LogP contribution in [0.2, 0.25) is 0 Å². The Morgan fingerprint density at radius 2 is 1.89 bits per heavy atom. The molecular weight excluding hydrogens is 360 g/mol. The number of aromatic amines is 2. The van der Waals surface area contributed by atoms with E-state index in [1.165, 1.54) is 37.5 Å². The summed E-state index contributed by atoms with van der Waals surface area (Å²) in [5.74, 6) is -0.373. The van der Waals surface area contributed by atoms with Crippen molar-refractivity contribution >= 4 is 28.7 Å². The monoisotopic (exact) mass is 375 g/mol. The van der Waals surface area contributed by atoms with E-state index >= 15 is 0 Å². The molecule has 0 aliphatic rings. The number of aromatic nitrogens is 2. The van der Waals surface area contributed by atoms with Crippen LogP contribution in [0.1, 0.15) is 5.56 Å². The van der Waals surface area contributed by atoms with E-state index in [0.29, 0.717) is 22.3 Å². The molecule has 0 aliphatic heterocycles. The molecular formula is C18H15F2N3O4. The standard InChI is InChI=1S/C18H15F2N3O4/c1-26-15-8-10(2-6-14(15)27-17(19)20)3-7-16(24)21-11-4-5-12-13(9-11)23-18(25)22-12/h2-9,17H,1H3,(H,21,24)(H2,22,23,25)/b7-3+. The van der Waals surface area contributed by atoms with Crippen LogP contribution in [0.5, 0.6) is 11.5 Å². The number of ether oxygens (including phenoxy) is 2. The zero-order valence-corrected chi connectivity index (χ0v) is 14.1. The first-order chi connectivity index (χ1) is 12.9. The third-order valence-corrected chi connectivity index (χ3v) is 3.61. The molecule has 0 bridgehead atoms. The summed E-state index contributed by atoms with van der Waals surface area (Å²) in [5, 5.41) is 2.66. The Bertz CT molecular complexity index is 1060. The minimum Gasteiger partial charge on any atom is -0.493 e. The number of imidazole rings is 1. The number of fused-ring (bicyclic) bond motifs is 1. The van der Waals surface area contributed by atoms with Gasteiger partial charge in [0, 0.05) is 11.8 Å². The van der Waals surface area contributed by atoms with E-state index < -0.39 is 12.5 Å². The van der Waals surface area contributed by atoms with E-state index in [0.717, 1.165) is 0 Å². The first kappa shape index (κ1) is 18.2. The minimum absolute atomic E-state index is 0.0945. The number of carbonyl (C=O) groups is 1. The van der Waals surface area contributed by atoms with Gasteiger partial charge in [-0.15, -0.1) is 0 Å². The molecule has 0 radical (unpaired) electrons. The van der Waals surface area contributed by atoms with Crippen LogP contribution >= 0.6 is 0 Å². The van der Waals surface area contributed by atoms with E-state index in [9.17, 15) is 18.4 Å². The molecule has 1 heterocycles. The summed E-state index contributed by atoms with van der Waals surface area (Å²) >= 11 is 0. The number of H-pyrrole nitrogens is 2. The maximum Gasteiger partial charge on any atom is 0.387 e. The summed E-state index contributed by atoms with van der Waals surface area (Å²) < 4.78 is 34.0. The third kappa shape index (κ3) is 4.51. The molecule has 2 aromatic carbocycles. The molecule has 3 N–H and O–H groups in total. The number of anilines is 1. The molecule has 27 heavy (non-hydrogen) atoms. The topological polar surface area (TPSA) is 96.2 Å². The van der Waals surface area contributed by atoms with Crippen molar-refractivity contribution in [2.45, 2.75) is 6.61 Å². The van der Waals surface area contributed by atoms with E-state index in [1.54, 1.807) is 18.2 Å². The molecule has 0 saturated carbocycles. The number of halogens is 2. The van der Waals surface area contributed by atoms with Gasteiger partial charge < -0.3 is 24.8 Å². The highest BCUT2D eigenvalue weighted by Gasteiger charge is 2.10. The smallest absolute Gasteiger partial charge is 0.387 e.